The summed E-state index contributed by atoms with van der Waals surface area (Å²) < 4.78 is 10.5. The summed E-state index contributed by atoms with van der Waals surface area (Å²) in [5.41, 5.74) is 3.15. The Labute approximate surface area is 152 Å². The van der Waals surface area contributed by atoms with E-state index in [9.17, 15) is 4.79 Å². The van der Waals surface area contributed by atoms with Crippen molar-refractivity contribution < 1.29 is 14.3 Å². The zero-order valence-corrected chi connectivity index (χ0v) is 14.7. The van der Waals surface area contributed by atoms with Gasteiger partial charge in [0.2, 0.25) is 5.90 Å². The van der Waals surface area contributed by atoms with E-state index in [1.807, 2.05) is 67.6 Å². The predicted molar refractivity (Wildman–Crippen MR) is 104 cm³/mol. The van der Waals surface area contributed by atoms with E-state index in [4.69, 9.17) is 9.47 Å². The number of allylic oxidation sites excluding steroid dienone is 2. The first-order chi connectivity index (χ1) is 12.7. The lowest BCUT2D eigenvalue weighted by Gasteiger charge is -2.02. The average molecular weight is 345 g/mol. The van der Waals surface area contributed by atoms with Crippen molar-refractivity contribution in [3.8, 4) is 5.75 Å². The Morgan fingerprint density at radius 2 is 1.77 bits per heavy atom. The number of cyclic esters (lactones) is 1. The van der Waals surface area contributed by atoms with Crippen molar-refractivity contribution in [2.75, 3.05) is 7.11 Å². The standard InChI is InChI=1S/C22H19NO3/c1-16(14-17-8-4-3-5-9-17)15-19-22(24)26-21(23-19)13-12-18-10-6-7-11-20(18)25-2/h3-15H,1-2H3. The quantitative estimate of drug-likeness (QED) is 0.585. The maximum Gasteiger partial charge on any atom is 0.363 e. The molecule has 0 aromatic heterocycles. The Morgan fingerprint density at radius 3 is 2.54 bits per heavy atom. The van der Waals surface area contributed by atoms with Gasteiger partial charge in [-0.05, 0) is 36.3 Å². The number of carbonyl (C=O) groups is 1. The summed E-state index contributed by atoms with van der Waals surface area (Å²) in [6, 6.07) is 17.5. The van der Waals surface area contributed by atoms with Crippen molar-refractivity contribution in [2.45, 2.75) is 6.92 Å². The van der Waals surface area contributed by atoms with Crippen LogP contribution in [0.5, 0.6) is 5.75 Å². The van der Waals surface area contributed by atoms with Crippen LogP contribution in [-0.2, 0) is 9.53 Å². The molecule has 0 amide bonds. The molecule has 3 rings (SSSR count). The highest BCUT2D eigenvalue weighted by Crippen LogP contribution is 2.20. The predicted octanol–water partition coefficient (Wildman–Crippen LogP) is 4.65. The van der Waals surface area contributed by atoms with Crippen molar-refractivity contribution >= 4 is 24.0 Å². The highest BCUT2D eigenvalue weighted by atomic mass is 16.6. The van der Waals surface area contributed by atoms with Crippen LogP contribution in [0.25, 0.3) is 12.2 Å². The molecule has 4 nitrogen and oxygen atoms in total. The van der Waals surface area contributed by atoms with Crippen LogP contribution in [0.15, 0.2) is 83.0 Å². The molecule has 130 valence electrons. The molecule has 0 fully saturated rings. The van der Waals surface area contributed by atoms with Crippen molar-refractivity contribution in [1.29, 1.82) is 0 Å². The highest BCUT2D eigenvalue weighted by Gasteiger charge is 2.21. The maximum atomic E-state index is 12.0. The number of ether oxygens (including phenoxy) is 2. The number of nitrogens with zero attached hydrogens (tertiary/aromatic N) is 1. The molecule has 1 aliphatic rings. The van der Waals surface area contributed by atoms with Crippen molar-refractivity contribution in [3.05, 3.63) is 89.1 Å². The van der Waals surface area contributed by atoms with E-state index in [-0.39, 0.29) is 11.6 Å². The van der Waals surface area contributed by atoms with Gasteiger partial charge < -0.3 is 9.47 Å². The van der Waals surface area contributed by atoms with Gasteiger partial charge in [0.15, 0.2) is 5.70 Å². The summed E-state index contributed by atoms with van der Waals surface area (Å²) in [4.78, 5) is 16.3. The van der Waals surface area contributed by atoms with Gasteiger partial charge in [-0.15, -0.1) is 0 Å². The fourth-order valence-electron chi connectivity index (χ4n) is 2.53. The van der Waals surface area contributed by atoms with Crippen LogP contribution < -0.4 is 4.74 Å². The molecule has 0 spiro atoms. The van der Waals surface area contributed by atoms with Gasteiger partial charge >= 0.3 is 5.97 Å². The Morgan fingerprint density at radius 1 is 1.04 bits per heavy atom. The SMILES string of the molecule is COc1ccccc1C=CC1=NC(=CC(C)=Cc2ccccc2)C(=O)O1. The first-order valence-electron chi connectivity index (χ1n) is 8.23. The van der Waals surface area contributed by atoms with Gasteiger partial charge in [0.05, 0.1) is 7.11 Å². The van der Waals surface area contributed by atoms with Gasteiger partial charge in [0, 0.05) is 11.6 Å². The van der Waals surface area contributed by atoms with Crippen LogP contribution in [0, 0.1) is 0 Å². The van der Waals surface area contributed by atoms with Gasteiger partial charge in [0.1, 0.15) is 5.75 Å². The third kappa shape index (κ3) is 4.36. The van der Waals surface area contributed by atoms with E-state index in [0.29, 0.717) is 0 Å². The van der Waals surface area contributed by atoms with Gasteiger partial charge in [-0.2, -0.15) is 0 Å². The molecule has 0 N–H and O–H groups in total. The first-order valence-corrected chi connectivity index (χ1v) is 8.23. The molecule has 1 heterocycles. The van der Waals surface area contributed by atoms with Gasteiger partial charge in [0.25, 0.3) is 0 Å². The smallest absolute Gasteiger partial charge is 0.363 e. The molecule has 0 atom stereocenters. The summed E-state index contributed by atoms with van der Waals surface area (Å²) in [5, 5.41) is 0. The fourth-order valence-corrected chi connectivity index (χ4v) is 2.53. The summed E-state index contributed by atoms with van der Waals surface area (Å²) in [5.74, 6) is 0.552. The molecule has 1 aliphatic heterocycles. The number of methoxy groups -OCH3 is 1. The number of aliphatic imine (C=N–C) groups is 1. The molecule has 0 saturated heterocycles. The van der Waals surface area contributed by atoms with Gasteiger partial charge in [-0.3, -0.25) is 0 Å². The van der Waals surface area contributed by atoms with Crippen LogP contribution in [0.4, 0.5) is 0 Å². The molecule has 0 radical (unpaired) electrons. The normalized spacial score (nSPS) is 16.1. The zero-order valence-electron chi connectivity index (χ0n) is 14.7. The molecule has 0 aliphatic carbocycles. The van der Waals surface area contributed by atoms with Crippen LogP contribution in [-0.4, -0.2) is 19.0 Å². The minimum Gasteiger partial charge on any atom is -0.496 e. The zero-order chi connectivity index (χ0) is 18.4. The third-order valence-electron chi connectivity index (χ3n) is 3.74. The van der Waals surface area contributed by atoms with Crippen LogP contribution in [0.3, 0.4) is 0 Å². The van der Waals surface area contributed by atoms with Gasteiger partial charge in [-0.1, -0.05) is 54.6 Å². The lowest BCUT2D eigenvalue weighted by molar-refractivity contribution is -0.129. The number of benzene rings is 2. The lowest BCUT2D eigenvalue weighted by atomic mass is 10.1. The van der Waals surface area contributed by atoms with E-state index in [2.05, 4.69) is 4.99 Å². The van der Waals surface area contributed by atoms with Crippen molar-refractivity contribution in [3.63, 3.8) is 0 Å². The van der Waals surface area contributed by atoms with E-state index in [1.54, 1.807) is 25.3 Å². The number of esters is 1. The molecule has 2 aromatic rings. The summed E-state index contributed by atoms with van der Waals surface area (Å²) in [7, 11) is 1.61. The second-order valence-electron chi connectivity index (χ2n) is 5.74. The molecule has 0 bridgehead atoms. The van der Waals surface area contributed by atoms with E-state index in [1.165, 1.54) is 0 Å². The maximum absolute atomic E-state index is 12.0. The summed E-state index contributed by atoms with van der Waals surface area (Å²) in [6.45, 7) is 1.92. The first kappa shape index (κ1) is 17.4. The van der Waals surface area contributed by atoms with Crippen LogP contribution in [0.1, 0.15) is 18.1 Å². The Hall–Kier alpha value is -3.40. The van der Waals surface area contributed by atoms with E-state index < -0.39 is 5.97 Å². The number of rotatable bonds is 5. The molecule has 4 heteroatoms. The molecule has 26 heavy (non-hydrogen) atoms. The van der Waals surface area contributed by atoms with Crippen LogP contribution >= 0.6 is 0 Å². The minimum absolute atomic E-state index is 0.264. The number of hydrogen-bond acceptors (Lipinski definition) is 4. The highest BCUT2D eigenvalue weighted by molar-refractivity contribution is 6.10. The summed E-state index contributed by atoms with van der Waals surface area (Å²) in [6.07, 6.45) is 7.17. The number of hydrogen-bond donors (Lipinski definition) is 0. The average Bonchev–Trinajstić information content (AvgIpc) is 3.00. The Bertz CT molecular complexity index is 921. The molecular formula is C22H19NO3. The Balaban J connectivity index is 1.78. The third-order valence-corrected chi connectivity index (χ3v) is 3.74. The molecule has 0 unspecified atom stereocenters. The van der Waals surface area contributed by atoms with Crippen molar-refractivity contribution in [1.82, 2.24) is 0 Å². The molecule has 0 saturated carbocycles. The largest absolute Gasteiger partial charge is 0.496 e. The number of para-hydroxylation sites is 1. The van der Waals surface area contributed by atoms with Gasteiger partial charge in [-0.25, -0.2) is 9.79 Å². The topological polar surface area (TPSA) is 47.9 Å². The van der Waals surface area contributed by atoms with Crippen molar-refractivity contribution in [2.24, 2.45) is 4.99 Å². The lowest BCUT2D eigenvalue weighted by Crippen LogP contribution is -2.01. The second-order valence-corrected chi connectivity index (χ2v) is 5.74. The monoisotopic (exact) mass is 345 g/mol. The van der Waals surface area contributed by atoms with Crippen LogP contribution in [0.2, 0.25) is 0 Å². The number of carbonyl (C=O) groups excluding carboxylic acids is 1. The Kier molecular flexibility index (Phi) is 5.44. The fraction of sp³-hybridized carbons (Fsp3) is 0.0909. The van der Waals surface area contributed by atoms with E-state index in [0.717, 1.165) is 22.4 Å². The summed E-state index contributed by atoms with van der Waals surface area (Å²) >= 11 is 0. The molecular weight excluding hydrogens is 326 g/mol. The minimum atomic E-state index is -0.453. The second kappa shape index (κ2) is 8.12. The molecule has 2 aromatic carbocycles. The van der Waals surface area contributed by atoms with E-state index >= 15 is 0 Å².